The maximum Gasteiger partial charge on any atom is 0.323 e. The Bertz CT molecular complexity index is 681. The van der Waals surface area contributed by atoms with Gasteiger partial charge in [0.1, 0.15) is 31.0 Å². The van der Waals surface area contributed by atoms with Gasteiger partial charge >= 0.3 is 11.9 Å². The quantitative estimate of drug-likeness (QED) is 0.429. The molecule has 9 nitrogen and oxygen atoms in total. The summed E-state index contributed by atoms with van der Waals surface area (Å²) in [6, 6.07) is 4.73. The molecule has 5 N–H and O–H groups in total. The molecule has 1 aliphatic heterocycles. The molecule has 0 bridgehead atoms. The SMILES string of the molecule is NCCCCC[C@H](N[C@H]1COc2ccccc2N(CC(=O)O)C1=O)C(=O)O. The summed E-state index contributed by atoms with van der Waals surface area (Å²) in [5, 5.41) is 21.4. The highest BCUT2D eigenvalue weighted by atomic mass is 16.5. The monoisotopic (exact) mass is 379 g/mol. The minimum atomic E-state index is -1.17. The molecule has 1 aliphatic rings. The molecule has 0 aliphatic carbocycles. The topological polar surface area (TPSA) is 142 Å². The first-order chi connectivity index (χ1) is 12.9. The van der Waals surface area contributed by atoms with Crippen molar-refractivity contribution in [2.24, 2.45) is 5.73 Å². The van der Waals surface area contributed by atoms with Gasteiger partial charge in [0.05, 0.1) is 5.69 Å². The van der Waals surface area contributed by atoms with Gasteiger partial charge in [0.25, 0.3) is 0 Å². The van der Waals surface area contributed by atoms with E-state index in [4.69, 9.17) is 15.6 Å². The van der Waals surface area contributed by atoms with E-state index in [-0.39, 0.29) is 6.61 Å². The van der Waals surface area contributed by atoms with E-state index in [2.05, 4.69) is 5.32 Å². The number of nitrogens with zero attached hydrogens (tertiary/aromatic N) is 1. The van der Waals surface area contributed by atoms with Crippen molar-refractivity contribution in [1.82, 2.24) is 5.32 Å². The molecule has 0 aromatic heterocycles. The Labute approximate surface area is 157 Å². The van der Waals surface area contributed by atoms with Crippen LogP contribution in [0.4, 0.5) is 5.69 Å². The summed E-state index contributed by atoms with van der Waals surface area (Å²) in [5.74, 6) is -2.39. The lowest BCUT2D eigenvalue weighted by atomic mass is 10.1. The third-order valence-corrected chi connectivity index (χ3v) is 4.32. The molecule has 0 saturated heterocycles. The Morgan fingerprint density at radius 2 is 2.00 bits per heavy atom. The Kier molecular flexibility index (Phi) is 7.56. The summed E-state index contributed by atoms with van der Waals surface area (Å²) in [4.78, 5) is 36.8. The first-order valence-electron chi connectivity index (χ1n) is 8.88. The summed E-state index contributed by atoms with van der Waals surface area (Å²) in [5.41, 5.74) is 5.79. The molecule has 0 saturated carbocycles. The van der Waals surface area contributed by atoms with Crippen molar-refractivity contribution in [3.63, 3.8) is 0 Å². The van der Waals surface area contributed by atoms with Gasteiger partial charge in [-0.3, -0.25) is 24.6 Å². The van der Waals surface area contributed by atoms with Gasteiger partial charge in [-0.1, -0.05) is 25.0 Å². The lowest BCUT2D eigenvalue weighted by Gasteiger charge is -2.25. The van der Waals surface area contributed by atoms with Crippen LogP contribution in [0.1, 0.15) is 25.7 Å². The molecule has 0 spiro atoms. The largest absolute Gasteiger partial charge is 0.489 e. The molecule has 27 heavy (non-hydrogen) atoms. The third-order valence-electron chi connectivity index (χ3n) is 4.32. The fourth-order valence-corrected chi connectivity index (χ4v) is 2.96. The number of ether oxygens (including phenoxy) is 1. The fourth-order valence-electron chi connectivity index (χ4n) is 2.96. The van der Waals surface area contributed by atoms with Gasteiger partial charge in [-0.2, -0.15) is 0 Å². The maximum absolute atomic E-state index is 12.9. The standard InChI is InChI=1S/C18H25N3O6/c19-9-5-1-2-6-12(18(25)26)20-13-11-27-15-8-4-3-7-14(15)21(17(13)24)10-16(22)23/h3-4,7-8,12-13,20H,1-2,5-6,9-11,19H2,(H,22,23)(H,25,26)/t12-,13-/m0/s1. The van der Waals surface area contributed by atoms with Crippen LogP contribution in [0, 0.1) is 0 Å². The van der Waals surface area contributed by atoms with Crippen LogP contribution in [0.15, 0.2) is 24.3 Å². The minimum absolute atomic E-state index is 0.0848. The van der Waals surface area contributed by atoms with Gasteiger partial charge in [0.15, 0.2) is 0 Å². The van der Waals surface area contributed by atoms with Crippen molar-refractivity contribution < 1.29 is 29.3 Å². The Morgan fingerprint density at radius 3 is 2.67 bits per heavy atom. The van der Waals surface area contributed by atoms with E-state index in [9.17, 15) is 19.5 Å². The van der Waals surface area contributed by atoms with Crippen molar-refractivity contribution in [3.8, 4) is 5.75 Å². The number of para-hydroxylation sites is 2. The minimum Gasteiger partial charge on any atom is -0.489 e. The van der Waals surface area contributed by atoms with Crippen LogP contribution in [-0.4, -0.2) is 59.8 Å². The van der Waals surface area contributed by atoms with E-state index in [0.29, 0.717) is 30.8 Å². The molecule has 2 atom stereocenters. The molecule has 0 radical (unpaired) electrons. The molecule has 0 fully saturated rings. The van der Waals surface area contributed by atoms with E-state index >= 15 is 0 Å². The third kappa shape index (κ3) is 5.66. The average Bonchev–Trinajstić information content (AvgIpc) is 2.75. The number of hydrogen-bond donors (Lipinski definition) is 4. The second-order valence-electron chi connectivity index (χ2n) is 6.34. The maximum atomic E-state index is 12.9. The van der Waals surface area contributed by atoms with Crippen LogP contribution in [0.2, 0.25) is 0 Å². The van der Waals surface area contributed by atoms with E-state index in [1.165, 1.54) is 0 Å². The zero-order valence-electron chi connectivity index (χ0n) is 15.0. The molecule has 1 aromatic carbocycles. The van der Waals surface area contributed by atoms with Gasteiger partial charge < -0.3 is 20.7 Å². The van der Waals surface area contributed by atoms with Gasteiger partial charge in [0.2, 0.25) is 5.91 Å². The van der Waals surface area contributed by atoms with Crippen LogP contribution >= 0.6 is 0 Å². The smallest absolute Gasteiger partial charge is 0.323 e. The number of rotatable bonds is 10. The zero-order valence-corrected chi connectivity index (χ0v) is 15.0. The second kappa shape index (κ2) is 9.89. The zero-order chi connectivity index (χ0) is 19.8. The average molecular weight is 379 g/mol. The molecule has 1 amide bonds. The summed E-state index contributed by atoms with van der Waals surface area (Å²) in [6.07, 6.45) is 2.60. The van der Waals surface area contributed by atoms with Crippen LogP contribution in [0.25, 0.3) is 0 Å². The Balaban J connectivity index is 2.15. The van der Waals surface area contributed by atoms with Crippen LogP contribution < -0.4 is 20.7 Å². The lowest BCUT2D eigenvalue weighted by Crippen LogP contribution is -2.54. The summed E-state index contributed by atoms with van der Waals surface area (Å²) in [6.45, 7) is -0.0767. The van der Waals surface area contributed by atoms with Crippen molar-refractivity contribution >= 4 is 23.5 Å². The Morgan fingerprint density at radius 1 is 1.26 bits per heavy atom. The van der Waals surface area contributed by atoms with Gasteiger partial charge in [-0.15, -0.1) is 0 Å². The number of aliphatic carboxylic acids is 2. The normalized spacial score (nSPS) is 17.6. The number of carboxylic acids is 2. The Hall–Kier alpha value is -2.65. The summed E-state index contributed by atoms with van der Waals surface area (Å²) >= 11 is 0. The highest BCUT2D eigenvalue weighted by molar-refractivity contribution is 6.02. The second-order valence-corrected chi connectivity index (χ2v) is 6.34. The number of fused-ring (bicyclic) bond motifs is 1. The predicted molar refractivity (Wildman–Crippen MR) is 97.8 cm³/mol. The molecule has 0 unspecified atom stereocenters. The molecular weight excluding hydrogens is 354 g/mol. The van der Waals surface area contributed by atoms with Crippen molar-refractivity contribution in [1.29, 1.82) is 0 Å². The van der Waals surface area contributed by atoms with E-state index in [0.717, 1.165) is 17.7 Å². The number of unbranched alkanes of at least 4 members (excludes halogenated alkanes) is 2. The number of benzene rings is 1. The number of nitrogens with one attached hydrogen (secondary N) is 1. The summed E-state index contributed by atoms with van der Waals surface area (Å²) < 4.78 is 5.64. The molecule has 1 aromatic rings. The highest BCUT2D eigenvalue weighted by Crippen LogP contribution is 2.31. The fraction of sp³-hybridized carbons (Fsp3) is 0.500. The lowest BCUT2D eigenvalue weighted by molar-refractivity contribution is -0.141. The van der Waals surface area contributed by atoms with Crippen LogP contribution in [0.5, 0.6) is 5.75 Å². The number of carbonyl (C=O) groups is 3. The number of carbonyl (C=O) groups excluding carboxylic acids is 1. The molecule has 9 heteroatoms. The number of hydrogen-bond acceptors (Lipinski definition) is 6. The molecule has 2 rings (SSSR count). The van der Waals surface area contributed by atoms with Crippen LogP contribution in [-0.2, 0) is 14.4 Å². The van der Waals surface area contributed by atoms with E-state index in [1.54, 1.807) is 24.3 Å². The highest BCUT2D eigenvalue weighted by Gasteiger charge is 2.35. The van der Waals surface area contributed by atoms with E-state index < -0.39 is 36.5 Å². The predicted octanol–water partition coefficient (Wildman–Crippen LogP) is 0.427. The van der Waals surface area contributed by atoms with Crippen molar-refractivity contribution in [2.45, 2.75) is 37.8 Å². The van der Waals surface area contributed by atoms with E-state index in [1.807, 2.05) is 0 Å². The molecule has 148 valence electrons. The first-order valence-corrected chi connectivity index (χ1v) is 8.88. The molecule has 1 heterocycles. The van der Waals surface area contributed by atoms with Gasteiger partial charge in [-0.25, -0.2) is 0 Å². The van der Waals surface area contributed by atoms with Crippen molar-refractivity contribution in [3.05, 3.63) is 24.3 Å². The van der Waals surface area contributed by atoms with Gasteiger partial charge in [0, 0.05) is 0 Å². The van der Waals surface area contributed by atoms with Gasteiger partial charge in [-0.05, 0) is 31.5 Å². The molecular formula is C18H25N3O6. The number of amides is 1. The summed E-state index contributed by atoms with van der Waals surface area (Å²) in [7, 11) is 0. The first kappa shape index (κ1) is 20.7. The number of anilines is 1. The van der Waals surface area contributed by atoms with Crippen molar-refractivity contribution in [2.75, 3.05) is 24.6 Å². The number of carboxylic acid groups (broad SMARTS) is 2. The van der Waals surface area contributed by atoms with Crippen LogP contribution in [0.3, 0.4) is 0 Å². The number of nitrogens with two attached hydrogens (primary N) is 1.